The third-order valence-electron chi connectivity index (χ3n) is 6.22. The highest BCUT2D eigenvalue weighted by Gasteiger charge is 2.37. The number of nitrogens with one attached hydrogen (secondary N) is 1. The molecule has 0 radical (unpaired) electrons. The Bertz CT molecular complexity index is 862. The average Bonchev–Trinajstić information content (AvgIpc) is 3.26. The number of piperazine rings is 1. The van der Waals surface area contributed by atoms with Gasteiger partial charge in [-0.05, 0) is 24.1 Å². The Kier molecular flexibility index (Phi) is 5.42. The van der Waals surface area contributed by atoms with Crippen LogP contribution in [0.15, 0.2) is 24.3 Å². The molecule has 28 heavy (non-hydrogen) atoms. The van der Waals surface area contributed by atoms with Gasteiger partial charge in [-0.15, -0.1) is 0 Å². The van der Waals surface area contributed by atoms with Crippen LogP contribution in [0.5, 0.6) is 0 Å². The first-order chi connectivity index (χ1) is 13.4. The second kappa shape index (κ2) is 7.83. The molecule has 3 heterocycles. The highest BCUT2D eigenvalue weighted by atomic mass is 32.2. The van der Waals surface area contributed by atoms with Gasteiger partial charge in [0.05, 0.1) is 31.9 Å². The number of rotatable bonds is 4. The summed E-state index contributed by atoms with van der Waals surface area (Å²) in [6.45, 7) is 4.26. The van der Waals surface area contributed by atoms with Crippen LogP contribution in [0, 0.1) is 0 Å². The number of sulfone groups is 1. The molecule has 3 saturated heterocycles. The standard InChI is InChI=1S/C20H27N3O4S/c24-19-5-2-7-23(19)14-16-3-1-4-17(13-16)20(25)22-10-8-21(9-11-22)18-6-12-28(26,27)15-18/h1,3-4,13,18H,2,5-12,14-15H2/p+1/t18-/m0/s1. The molecule has 3 fully saturated rings. The SMILES string of the molecule is O=C1CCCN1Cc1cccc(C(=O)N2CC[NH+]([C@H]3CCS(=O)(=O)C3)CC2)c1. The van der Waals surface area contributed by atoms with Crippen molar-refractivity contribution >= 4 is 21.7 Å². The molecule has 8 heteroatoms. The number of carbonyl (C=O) groups is 2. The maximum atomic E-state index is 12.9. The Morgan fingerprint density at radius 2 is 1.96 bits per heavy atom. The van der Waals surface area contributed by atoms with Gasteiger partial charge in [0.1, 0.15) is 11.8 Å². The molecule has 152 valence electrons. The molecule has 0 saturated carbocycles. The van der Waals surface area contributed by atoms with Crippen molar-refractivity contribution in [2.24, 2.45) is 0 Å². The van der Waals surface area contributed by atoms with E-state index in [1.54, 1.807) is 0 Å². The normalized spacial score (nSPS) is 25.4. The quantitative estimate of drug-likeness (QED) is 0.720. The van der Waals surface area contributed by atoms with Crippen molar-refractivity contribution in [1.82, 2.24) is 9.80 Å². The lowest BCUT2D eigenvalue weighted by Gasteiger charge is -2.35. The van der Waals surface area contributed by atoms with E-state index in [-0.39, 0.29) is 23.6 Å². The van der Waals surface area contributed by atoms with Gasteiger partial charge in [-0.3, -0.25) is 9.59 Å². The van der Waals surface area contributed by atoms with Gasteiger partial charge in [0.15, 0.2) is 9.84 Å². The average molecular weight is 407 g/mol. The summed E-state index contributed by atoms with van der Waals surface area (Å²) < 4.78 is 23.4. The van der Waals surface area contributed by atoms with E-state index in [2.05, 4.69) is 0 Å². The van der Waals surface area contributed by atoms with E-state index in [0.29, 0.717) is 37.4 Å². The van der Waals surface area contributed by atoms with Crippen molar-refractivity contribution in [2.45, 2.75) is 31.8 Å². The molecule has 0 aromatic heterocycles. The van der Waals surface area contributed by atoms with Gasteiger partial charge >= 0.3 is 0 Å². The molecule has 4 rings (SSSR count). The minimum atomic E-state index is -2.87. The second-order valence-corrected chi connectivity index (χ2v) is 10.4. The van der Waals surface area contributed by atoms with Crippen LogP contribution in [0.3, 0.4) is 0 Å². The predicted molar refractivity (Wildman–Crippen MR) is 105 cm³/mol. The first-order valence-corrected chi connectivity index (χ1v) is 11.9. The van der Waals surface area contributed by atoms with Crippen LogP contribution in [0.1, 0.15) is 35.2 Å². The van der Waals surface area contributed by atoms with Gasteiger partial charge in [0, 0.05) is 31.5 Å². The van der Waals surface area contributed by atoms with Crippen molar-refractivity contribution in [3.63, 3.8) is 0 Å². The Morgan fingerprint density at radius 3 is 2.61 bits per heavy atom. The molecule has 2 amide bonds. The fourth-order valence-electron chi connectivity index (χ4n) is 4.60. The number of hydrogen-bond acceptors (Lipinski definition) is 4. The Hall–Kier alpha value is -1.93. The van der Waals surface area contributed by atoms with Gasteiger partial charge in [-0.25, -0.2) is 8.42 Å². The van der Waals surface area contributed by atoms with Gasteiger partial charge in [0.25, 0.3) is 5.91 Å². The van der Waals surface area contributed by atoms with Crippen LogP contribution in [-0.4, -0.2) is 80.3 Å². The van der Waals surface area contributed by atoms with Crippen molar-refractivity contribution in [1.29, 1.82) is 0 Å². The van der Waals surface area contributed by atoms with E-state index in [0.717, 1.165) is 38.0 Å². The predicted octanol–water partition coefficient (Wildman–Crippen LogP) is -0.663. The van der Waals surface area contributed by atoms with Crippen LogP contribution < -0.4 is 4.90 Å². The molecule has 7 nitrogen and oxygen atoms in total. The number of carbonyl (C=O) groups excluding carboxylic acids is 2. The zero-order valence-corrected chi connectivity index (χ0v) is 16.9. The van der Waals surface area contributed by atoms with E-state index in [1.807, 2.05) is 34.1 Å². The third kappa shape index (κ3) is 4.22. The fourth-order valence-corrected chi connectivity index (χ4v) is 6.42. The fraction of sp³-hybridized carbons (Fsp3) is 0.600. The number of quaternary nitrogens is 1. The maximum absolute atomic E-state index is 12.9. The summed E-state index contributed by atoms with van der Waals surface area (Å²) >= 11 is 0. The zero-order valence-electron chi connectivity index (χ0n) is 16.1. The van der Waals surface area contributed by atoms with Gasteiger partial charge in [-0.1, -0.05) is 12.1 Å². The highest BCUT2D eigenvalue weighted by molar-refractivity contribution is 7.91. The molecule has 1 N–H and O–H groups in total. The van der Waals surface area contributed by atoms with E-state index in [1.165, 1.54) is 4.90 Å². The lowest BCUT2D eigenvalue weighted by Crippen LogP contribution is -3.18. The number of benzene rings is 1. The van der Waals surface area contributed by atoms with Crippen LogP contribution in [0.2, 0.25) is 0 Å². The minimum absolute atomic E-state index is 0.0210. The maximum Gasteiger partial charge on any atom is 0.254 e. The lowest BCUT2D eigenvalue weighted by molar-refractivity contribution is -0.925. The lowest BCUT2D eigenvalue weighted by atomic mass is 10.1. The Balaban J connectivity index is 1.35. The van der Waals surface area contributed by atoms with Crippen molar-refractivity contribution < 1.29 is 22.9 Å². The van der Waals surface area contributed by atoms with Gasteiger partial charge < -0.3 is 14.7 Å². The number of amides is 2. The number of hydrogen-bond donors (Lipinski definition) is 1. The first kappa shape index (κ1) is 19.4. The Labute approximate surface area is 166 Å². The summed E-state index contributed by atoms with van der Waals surface area (Å²) in [7, 11) is -2.87. The molecule has 3 aliphatic rings. The van der Waals surface area contributed by atoms with Crippen LogP contribution >= 0.6 is 0 Å². The van der Waals surface area contributed by atoms with Crippen LogP contribution in [0.4, 0.5) is 0 Å². The second-order valence-electron chi connectivity index (χ2n) is 8.17. The first-order valence-electron chi connectivity index (χ1n) is 10.1. The molecular weight excluding hydrogens is 378 g/mol. The van der Waals surface area contributed by atoms with Gasteiger partial charge in [0.2, 0.25) is 5.91 Å². The van der Waals surface area contributed by atoms with Crippen molar-refractivity contribution in [2.75, 3.05) is 44.2 Å². The summed E-state index contributed by atoms with van der Waals surface area (Å²) in [6, 6.07) is 7.76. The zero-order chi connectivity index (χ0) is 19.7. The highest BCUT2D eigenvalue weighted by Crippen LogP contribution is 2.16. The molecule has 1 atom stereocenters. The largest absolute Gasteiger partial charge is 0.338 e. The third-order valence-corrected chi connectivity index (χ3v) is 7.99. The summed E-state index contributed by atoms with van der Waals surface area (Å²) in [5.74, 6) is 0.793. The monoisotopic (exact) mass is 406 g/mol. The van der Waals surface area contributed by atoms with E-state index >= 15 is 0 Å². The molecule has 0 aliphatic carbocycles. The van der Waals surface area contributed by atoms with E-state index < -0.39 is 9.84 Å². The topological polar surface area (TPSA) is 79.2 Å². The Morgan fingerprint density at radius 1 is 1.18 bits per heavy atom. The van der Waals surface area contributed by atoms with Crippen molar-refractivity contribution in [3.05, 3.63) is 35.4 Å². The summed E-state index contributed by atoms with van der Waals surface area (Å²) in [5.41, 5.74) is 1.65. The summed E-state index contributed by atoms with van der Waals surface area (Å²) in [5, 5.41) is 0. The molecule has 0 spiro atoms. The smallest absolute Gasteiger partial charge is 0.254 e. The molecule has 1 aromatic rings. The van der Waals surface area contributed by atoms with Crippen molar-refractivity contribution in [3.8, 4) is 0 Å². The van der Waals surface area contributed by atoms with Crippen LogP contribution in [0.25, 0.3) is 0 Å². The molecule has 1 aromatic carbocycles. The molecule has 0 bridgehead atoms. The molecular formula is C20H28N3O4S+. The summed E-state index contributed by atoms with van der Waals surface area (Å²) in [6.07, 6.45) is 2.27. The molecule has 3 aliphatic heterocycles. The van der Waals surface area contributed by atoms with Gasteiger partial charge in [-0.2, -0.15) is 0 Å². The van der Waals surface area contributed by atoms with E-state index in [4.69, 9.17) is 0 Å². The summed E-state index contributed by atoms with van der Waals surface area (Å²) in [4.78, 5) is 29.8. The van der Waals surface area contributed by atoms with E-state index in [9.17, 15) is 18.0 Å². The minimum Gasteiger partial charge on any atom is -0.338 e. The number of nitrogens with zero attached hydrogens (tertiary/aromatic N) is 2. The van der Waals surface area contributed by atoms with Crippen LogP contribution in [-0.2, 0) is 21.2 Å². The number of likely N-dealkylation sites (tertiary alicyclic amines) is 1. The molecule has 0 unspecified atom stereocenters.